The Labute approximate surface area is 140 Å². The molecule has 0 radical (unpaired) electrons. The SMILES string of the molecule is COc1cccc(-n2c(-c3ccccc3)cc3c2=CC=CCC=3)n1. The highest BCUT2D eigenvalue weighted by molar-refractivity contribution is 5.64. The van der Waals surface area contributed by atoms with Crippen molar-refractivity contribution in [1.82, 2.24) is 9.55 Å². The Kier molecular flexibility index (Phi) is 3.75. The normalized spacial score (nSPS) is 12.7. The summed E-state index contributed by atoms with van der Waals surface area (Å²) >= 11 is 0. The minimum atomic E-state index is 0.613. The molecule has 0 atom stereocenters. The number of allylic oxidation sites excluding steroid dienone is 2. The van der Waals surface area contributed by atoms with E-state index in [-0.39, 0.29) is 0 Å². The molecule has 0 amide bonds. The third kappa shape index (κ3) is 2.54. The fourth-order valence-electron chi connectivity index (χ4n) is 3.02. The molecule has 0 aliphatic heterocycles. The van der Waals surface area contributed by atoms with Gasteiger partial charge in [-0.25, -0.2) is 0 Å². The summed E-state index contributed by atoms with van der Waals surface area (Å²) in [5.41, 5.74) is 2.30. The van der Waals surface area contributed by atoms with Gasteiger partial charge < -0.3 is 4.74 Å². The molecule has 3 aromatic rings. The molecule has 0 fully saturated rings. The predicted octanol–water partition coefficient (Wildman–Crippen LogP) is 3.07. The minimum absolute atomic E-state index is 0.613. The third-order valence-electron chi connectivity index (χ3n) is 4.15. The van der Waals surface area contributed by atoms with Gasteiger partial charge in [-0.15, -0.1) is 0 Å². The number of benzene rings is 1. The Morgan fingerprint density at radius 2 is 1.92 bits per heavy atom. The lowest BCUT2D eigenvalue weighted by Crippen LogP contribution is -2.28. The van der Waals surface area contributed by atoms with Crippen LogP contribution in [0, 0.1) is 0 Å². The van der Waals surface area contributed by atoms with Gasteiger partial charge in [-0.2, -0.15) is 4.98 Å². The highest BCUT2D eigenvalue weighted by Gasteiger charge is 2.12. The molecular weight excluding hydrogens is 296 g/mol. The lowest BCUT2D eigenvalue weighted by atomic mass is 10.1. The minimum Gasteiger partial charge on any atom is -0.481 e. The van der Waals surface area contributed by atoms with E-state index < -0.39 is 0 Å². The zero-order valence-electron chi connectivity index (χ0n) is 13.5. The van der Waals surface area contributed by atoms with Gasteiger partial charge >= 0.3 is 0 Å². The maximum Gasteiger partial charge on any atom is 0.214 e. The van der Waals surface area contributed by atoms with Crippen LogP contribution in [0.15, 0.2) is 66.7 Å². The van der Waals surface area contributed by atoms with Crippen molar-refractivity contribution in [1.29, 1.82) is 0 Å². The molecule has 0 spiro atoms. The summed E-state index contributed by atoms with van der Waals surface area (Å²) in [4.78, 5) is 4.64. The molecule has 2 heterocycles. The lowest BCUT2D eigenvalue weighted by Gasteiger charge is -2.10. The second-order valence-electron chi connectivity index (χ2n) is 5.64. The van der Waals surface area contributed by atoms with Gasteiger partial charge in [0.25, 0.3) is 0 Å². The highest BCUT2D eigenvalue weighted by atomic mass is 16.5. The number of hydrogen-bond donors (Lipinski definition) is 0. The molecule has 24 heavy (non-hydrogen) atoms. The van der Waals surface area contributed by atoms with E-state index in [1.807, 2.05) is 24.3 Å². The van der Waals surface area contributed by atoms with Crippen LogP contribution in [0.4, 0.5) is 0 Å². The number of ether oxygens (including phenoxy) is 1. The van der Waals surface area contributed by atoms with E-state index in [1.54, 1.807) is 7.11 Å². The van der Waals surface area contributed by atoms with Crippen LogP contribution in [-0.2, 0) is 0 Å². The molecule has 3 heteroatoms. The molecule has 1 aliphatic rings. The molecule has 4 rings (SSSR count). The number of fused-ring (bicyclic) bond motifs is 1. The molecule has 0 saturated carbocycles. The van der Waals surface area contributed by atoms with Gasteiger partial charge in [0.15, 0.2) is 0 Å². The van der Waals surface area contributed by atoms with E-state index in [1.165, 1.54) is 10.8 Å². The van der Waals surface area contributed by atoms with Crippen LogP contribution in [0.25, 0.3) is 29.2 Å². The molecule has 2 aromatic heterocycles. The average Bonchev–Trinajstić information content (AvgIpc) is 2.85. The number of nitrogens with zero attached hydrogens (tertiary/aromatic N) is 2. The number of aromatic nitrogens is 2. The predicted molar refractivity (Wildman–Crippen MR) is 97.5 cm³/mol. The van der Waals surface area contributed by atoms with Crippen LogP contribution in [0.1, 0.15) is 6.42 Å². The molecule has 0 N–H and O–H groups in total. The van der Waals surface area contributed by atoms with Crippen molar-refractivity contribution in [3.63, 3.8) is 0 Å². The van der Waals surface area contributed by atoms with Gasteiger partial charge in [0.05, 0.1) is 18.2 Å². The summed E-state index contributed by atoms with van der Waals surface area (Å²) in [6.07, 6.45) is 9.59. The van der Waals surface area contributed by atoms with Gasteiger partial charge in [-0.1, -0.05) is 54.6 Å². The fraction of sp³-hybridized carbons (Fsp3) is 0.0952. The zero-order chi connectivity index (χ0) is 16.4. The van der Waals surface area contributed by atoms with Crippen LogP contribution in [0.2, 0.25) is 0 Å². The second-order valence-corrected chi connectivity index (χ2v) is 5.64. The summed E-state index contributed by atoms with van der Waals surface area (Å²) in [7, 11) is 1.64. The maximum absolute atomic E-state index is 5.31. The molecule has 1 aliphatic carbocycles. The van der Waals surface area contributed by atoms with E-state index in [4.69, 9.17) is 4.74 Å². The maximum atomic E-state index is 5.31. The van der Waals surface area contributed by atoms with E-state index in [2.05, 4.69) is 64.2 Å². The molecule has 3 nitrogen and oxygen atoms in total. The first-order valence-electron chi connectivity index (χ1n) is 8.02. The Balaban J connectivity index is 2.06. The first-order chi connectivity index (χ1) is 11.9. The smallest absolute Gasteiger partial charge is 0.214 e. The summed E-state index contributed by atoms with van der Waals surface area (Å²) in [6, 6.07) is 18.5. The summed E-state index contributed by atoms with van der Waals surface area (Å²) in [5.74, 6) is 1.47. The van der Waals surface area contributed by atoms with Crippen LogP contribution >= 0.6 is 0 Å². The van der Waals surface area contributed by atoms with Gasteiger partial charge in [-0.05, 0) is 35.4 Å². The molecule has 118 valence electrons. The first-order valence-corrected chi connectivity index (χ1v) is 8.02. The van der Waals surface area contributed by atoms with E-state index >= 15 is 0 Å². The number of pyridine rings is 1. The summed E-state index contributed by atoms with van der Waals surface area (Å²) < 4.78 is 7.50. The van der Waals surface area contributed by atoms with Crippen molar-refractivity contribution in [3.8, 4) is 23.0 Å². The zero-order valence-corrected chi connectivity index (χ0v) is 13.5. The molecule has 0 saturated heterocycles. The van der Waals surface area contributed by atoms with Crippen molar-refractivity contribution in [2.45, 2.75) is 6.42 Å². The van der Waals surface area contributed by atoms with Crippen LogP contribution < -0.4 is 15.3 Å². The van der Waals surface area contributed by atoms with Gasteiger partial charge in [0, 0.05) is 6.07 Å². The third-order valence-corrected chi connectivity index (χ3v) is 4.15. The van der Waals surface area contributed by atoms with E-state index in [0.29, 0.717) is 5.88 Å². The van der Waals surface area contributed by atoms with Crippen molar-refractivity contribution in [2.24, 2.45) is 0 Å². The fourth-order valence-corrected chi connectivity index (χ4v) is 3.02. The van der Waals surface area contributed by atoms with Crippen molar-refractivity contribution in [2.75, 3.05) is 7.11 Å². The Morgan fingerprint density at radius 1 is 1.04 bits per heavy atom. The van der Waals surface area contributed by atoms with Crippen molar-refractivity contribution in [3.05, 3.63) is 77.3 Å². The monoisotopic (exact) mass is 314 g/mol. The number of rotatable bonds is 3. The number of methoxy groups -OCH3 is 1. The first kappa shape index (κ1) is 14.5. The second kappa shape index (κ2) is 6.20. The quantitative estimate of drug-likeness (QED) is 0.743. The summed E-state index contributed by atoms with van der Waals surface area (Å²) in [6.45, 7) is 0. The van der Waals surface area contributed by atoms with Gasteiger partial charge in [0.1, 0.15) is 5.82 Å². The molecular formula is C21H18N2O. The van der Waals surface area contributed by atoms with Crippen LogP contribution in [-0.4, -0.2) is 16.7 Å². The van der Waals surface area contributed by atoms with Crippen molar-refractivity contribution >= 4 is 12.2 Å². The van der Waals surface area contributed by atoms with Crippen LogP contribution in [0.3, 0.4) is 0 Å². The Hall–Kier alpha value is -3.07. The summed E-state index contributed by atoms with van der Waals surface area (Å²) in [5, 5.41) is 2.37. The van der Waals surface area contributed by atoms with Gasteiger partial charge in [0.2, 0.25) is 5.88 Å². The average molecular weight is 314 g/mol. The van der Waals surface area contributed by atoms with Crippen LogP contribution in [0.5, 0.6) is 5.88 Å². The Bertz CT molecular complexity index is 1010. The molecule has 1 aromatic carbocycles. The highest BCUT2D eigenvalue weighted by Crippen LogP contribution is 2.20. The molecule has 0 unspecified atom stereocenters. The largest absolute Gasteiger partial charge is 0.481 e. The van der Waals surface area contributed by atoms with E-state index in [0.717, 1.165) is 23.3 Å². The number of hydrogen-bond acceptors (Lipinski definition) is 2. The van der Waals surface area contributed by atoms with Crippen molar-refractivity contribution < 1.29 is 4.74 Å². The standard InChI is InChI=1S/C21H18N2O/c1-24-21-14-8-13-20(22-21)23-18-12-7-3-6-11-17(18)15-19(23)16-9-4-2-5-10-16/h2-5,7-15H,6H2,1H3. The van der Waals surface area contributed by atoms with E-state index in [9.17, 15) is 0 Å². The topological polar surface area (TPSA) is 27.1 Å². The van der Waals surface area contributed by atoms with Gasteiger partial charge in [-0.3, -0.25) is 4.57 Å². The Morgan fingerprint density at radius 3 is 2.75 bits per heavy atom. The lowest BCUT2D eigenvalue weighted by molar-refractivity contribution is 0.397. The molecule has 0 bridgehead atoms.